The molecule has 1 aliphatic rings. The highest BCUT2D eigenvalue weighted by Gasteiger charge is 2.24. The minimum Gasteiger partial charge on any atom is -0.478 e. The van der Waals surface area contributed by atoms with E-state index >= 15 is 0 Å². The minimum absolute atomic E-state index is 0.00296. The van der Waals surface area contributed by atoms with Gasteiger partial charge >= 0.3 is 11.9 Å². The summed E-state index contributed by atoms with van der Waals surface area (Å²) in [5, 5.41) is 27.8. The molecule has 0 saturated carbocycles. The van der Waals surface area contributed by atoms with Gasteiger partial charge in [-0.3, -0.25) is 0 Å². The largest absolute Gasteiger partial charge is 0.478 e. The molecule has 20 heavy (non-hydrogen) atoms. The lowest BCUT2D eigenvalue weighted by Crippen LogP contribution is -2.36. The molecule has 0 bridgehead atoms. The highest BCUT2D eigenvalue weighted by molar-refractivity contribution is 5.99. The first-order valence-electron chi connectivity index (χ1n) is 6.44. The van der Waals surface area contributed by atoms with E-state index in [9.17, 15) is 19.8 Å². The Morgan fingerprint density at radius 3 is 2.15 bits per heavy atom. The lowest BCUT2D eigenvalue weighted by Gasteiger charge is -2.32. The summed E-state index contributed by atoms with van der Waals surface area (Å²) in [5.74, 6) is -2.28. The molecule has 1 aliphatic heterocycles. The molecule has 0 unspecified atom stereocenters. The van der Waals surface area contributed by atoms with Crippen molar-refractivity contribution in [1.82, 2.24) is 0 Å². The van der Waals surface area contributed by atoms with Gasteiger partial charge in [0.05, 0.1) is 22.9 Å². The quantitative estimate of drug-likeness (QED) is 0.772. The molecule has 0 atom stereocenters. The van der Waals surface area contributed by atoms with Crippen molar-refractivity contribution in [3.8, 4) is 0 Å². The maximum atomic E-state index is 11.3. The van der Waals surface area contributed by atoms with Crippen molar-refractivity contribution in [3.05, 3.63) is 28.8 Å². The highest BCUT2D eigenvalue weighted by atomic mass is 16.4. The molecular formula is C14H17NO5. The Bertz CT molecular complexity index is 547. The van der Waals surface area contributed by atoms with Crippen molar-refractivity contribution < 1.29 is 24.9 Å². The Morgan fingerprint density at radius 2 is 1.65 bits per heavy atom. The summed E-state index contributed by atoms with van der Waals surface area (Å²) < 4.78 is 0. The number of piperidine rings is 1. The molecule has 3 N–H and O–H groups in total. The molecule has 0 amide bonds. The summed E-state index contributed by atoms with van der Waals surface area (Å²) in [4.78, 5) is 24.3. The number of aliphatic hydroxyl groups excluding tert-OH is 1. The van der Waals surface area contributed by atoms with Gasteiger partial charge in [-0.1, -0.05) is 0 Å². The first kappa shape index (κ1) is 14.3. The standard InChI is InChI=1S/C14H17NO5/c1-8-6-12(15-4-2-9(16)3-5-15)11(14(19)20)7-10(8)13(17)18/h6-7,9,16H,2-5H2,1H3,(H,17,18)(H,19,20). The van der Waals surface area contributed by atoms with Gasteiger partial charge in [-0.2, -0.15) is 0 Å². The number of benzene rings is 1. The zero-order valence-electron chi connectivity index (χ0n) is 11.2. The van der Waals surface area contributed by atoms with Gasteiger partial charge in [0.25, 0.3) is 0 Å². The van der Waals surface area contributed by atoms with E-state index in [-0.39, 0.29) is 17.2 Å². The first-order valence-corrected chi connectivity index (χ1v) is 6.44. The SMILES string of the molecule is Cc1cc(N2CCC(O)CC2)c(C(=O)O)cc1C(=O)O. The summed E-state index contributed by atoms with van der Waals surface area (Å²) in [7, 11) is 0. The molecule has 1 aromatic rings. The number of hydrogen-bond acceptors (Lipinski definition) is 4. The number of rotatable bonds is 3. The predicted molar refractivity (Wildman–Crippen MR) is 72.6 cm³/mol. The topological polar surface area (TPSA) is 98.1 Å². The van der Waals surface area contributed by atoms with E-state index in [2.05, 4.69) is 0 Å². The normalized spacial score (nSPS) is 16.2. The first-order chi connectivity index (χ1) is 9.40. The average molecular weight is 279 g/mol. The van der Waals surface area contributed by atoms with E-state index in [1.54, 1.807) is 13.0 Å². The Hall–Kier alpha value is -2.08. The van der Waals surface area contributed by atoms with Crippen LogP contribution in [0.5, 0.6) is 0 Å². The second-order valence-corrected chi connectivity index (χ2v) is 5.01. The number of anilines is 1. The summed E-state index contributed by atoms with van der Waals surface area (Å²) in [6.45, 7) is 2.78. The Kier molecular flexibility index (Phi) is 3.94. The van der Waals surface area contributed by atoms with Crippen molar-refractivity contribution in [2.45, 2.75) is 25.9 Å². The van der Waals surface area contributed by atoms with Crippen LogP contribution in [0.3, 0.4) is 0 Å². The monoisotopic (exact) mass is 279 g/mol. The molecule has 1 fully saturated rings. The maximum Gasteiger partial charge on any atom is 0.337 e. The van der Waals surface area contributed by atoms with Gasteiger partial charge in [0.2, 0.25) is 0 Å². The summed E-state index contributed by atoms with van der Waals surface area (Å²) in [6.07, 6.45) is 0.816. The molecule has 0 aliphatic carbocycles. The lowest BCUT2D eigenvalue weighted by atomic mass is 10.00. The van der Waals surface area contributed by atoms with E-state index in [1.165, 1.54) is 6.07 Å². The van der Waals surface area contributed by atoms with Crippen LogP contribution in [0.2, 0.25) is 0 Å². The van der Waals surface area contributed by atoms with E-state index in [1.807, 2.05) is 4.90 Å². The van der Waals surface area contributed by atoms with Gasteiger partial charge in [0.15, 0.2) is 0 Å². The zero-order chi connectivity index (χ0) is 14.9. The van der Waals surface area contributed by atoms with Crippen LogP contribution in [0.1, 0.15) is 39.1 Å². The molecule has 108 valence electrons. The zero-order valence-corrected chi connectivity index (χ0v) is 11.2. The number of hydrogen-bond donors (Lipinski definition) is 3. The summed E-state index contributed by atoms with van der Waals surface area (Å²) in [5.41, 5.74) is 1.04. The van der Waals surface area contributed by atoms with Crippen LogP contribution in [0.15, 0.2) is 12.1 Å². The predicted octanol–water partition coefficient (Wildman–Crippen LogP) is 1.35. The number of aromatic carboxylic acids is 2. The van der Waals surface area contributed by atoms with Crippen LogP contribution in [0.4, 0.5) is 5.69 Å². The van der Waals surface area contributed by atoms with Crippen LogP contribution in [0, 0.1) is 6.92 Å². The van der Waals surface area contributed by atoms with Crippen molar-refractivity contribution >= 4 is 17.6 Å². The van der Waals surface area contributed by atoms with Crippen LogP contribution in [0.25, 0.3) is 0 Å². The van der Waals surface area contributed by atoms with Gasteiger partial charge in [-0.25, -0.2) is 9.59 Å². The third-order valence-electron chi connectivity index (χ3n) is 3.61. The van der Waals surface area contributed by atoms with Crippen LogP contribution >= 0.6 is 0 Å². The second-order valence-electron chi connectivity index (χ2n) is 5.01. The fourth-order valence-electron chi connectivity index (χ4n) is 2.46. The number of aliphatic hydroxyl groups is 1. The number of carbonyl (C=O) groups is 2. The molecule has 0 aromatic heterocycles. The summed E-state index contributed by atoms with van der Waals surface area (Å²) >= 11 is 0. The smallest absolute Gasteiger partial charge is 0.337 e. The van der Waals surface area contributed by atoms with Gasteiger partial charge in [0.1, 0.15) is 0 Å². The van der Waals surface area contributed by atoms with Crippen LogP contribution in [-0.2, 0) is 0 Å². The van der Waals surface area contributed by atoms with Crippen LogP contribution in [-0.4, -0.2) is 46.5 Å². The molecule has 1 saturated heterocycles. The third-order valence-corrected chi connectivity index (χ3v) is 3.61. The van der Waals surface area contributed by atoms with Gasteiger partial charge in [-0.05, 0) is 37.5 Å². The minimum atomic E-state index is -1.14. The van der Waals surface area contributed by atoms with Crippen molar-refractivity contribution in [2.75, 3.05) is 18.0 Å². The van der Waals surface area contributed by atoms with E-state index < -0.39 is 11.9 Å². The molecule has 1 aromatic carbocycles. The third kappa shape index (κ3) is 2.75. The lowest BCUT2D eigenvalue weighted by molar-refractivity contribution is 0.0695. The van der Waals surface area contributed by atoms with Crippen molar-refractivity contribution in [2.24, 2.45) is 0 Å². The van der Waals surface area contributed by atoms with E-state index in [0.29, 0.717) is 37.2 Å². The van der Waals surface area contributed by atoms with E-state index in [0.717, 1.165) is 0 Å². The molecule has 0 radical (unpaired) electrons. The number of carboxylic acid groups (broad SMARTS) is 2. The number of aryl methyl sites for hydroxylation is 1. The van der Waals surface area contributed by atoms with Gasteiger partial charge < -0.3 is 20.2 Å². The van der Waals surface area contributed by atoms with Crippen molar-refractivity contribution in [3.63, 3.8) is 0 Å². The fourth-order valence-corrected chi connectivity index (χ4v) is 2.46. The molecule has 6 nitrogen and oxygen atoms in total. The van der Waals surface area contributed by atoms with Crippen LogP contribution < -0.4 is 4.90 Å². The van der Waals surface area contributed by atoms with Gasteiger partial charge in [0, 0.05) is 13.1 Å². The highest BCUT2D eigenvalue weighted by Crippen LogP contribution is 2.28. The molecular weight excluding hydrogens is 262 g/mol. The second kappa shape index (κ2) is 5.50. The molecule has 0 spiro atoms. The molecule has 2 rings (SSSR count). The Balaban J connectivity index is 2.44. The molecule has 6 heteroatoms. The van der Waals surface area contributed by atoms with Crippen molar-refractivity contribution in [1.29, 1.82) is 0 Å². The maximum absolute atomic E-state index is 11.3. The van der Waals surface area contributed by atoms with Gasteiger partial charge in [-0.15, -0.1) is 0 Å². The summed E-state index contributed by atoms with van der Waals surface area (Å²) in [6, 6.07) is 2.81. The number of carboxylic acids is 2. The van der Waals surface area contributed by atoms with E-state index in [4.69, 9.17) is 5.11 Å². The Labute approximate surface area is 116 Å². The molecule has 1 heterocycles. The Morgan fingerprint density at radius 1 is 1.10 bits per heavy atom. The fraction of sp³-hybridized carbons (Fsp3) is 0.429. The average Bonchev–Trinajstić information content (AvgIpc) is 2.38. The number of nitrogens with zero attached hydrogens (tertiary/aromatic N) is 1.